The topological polar surface area (TPSA) is 81.7 Å². The lowest BCUT2D eigenvalue weighted by molar-refractivity contribution is -0.119. The van der Waals surface area contributed by atoms with Gasteiger partial charge in [-0.15, -0.1) is 0 Å². The van der Waals surface area contributed by atoms with Crippen LogP contribution < -0.4 is 5.32 Å². The van der Waals surface area contributed by atoms with Gasteiger partial charge in [0.05, 0.1) is 18.2 Å². The lowest BCUT2D eigenvalue weighted by atomic mass is 10.1. The highest BCUT2D eigenvalue weighted by atomic mass is 19.1. The summed E-state index contributed by atoms with van der Waals surface area (Å²) < 4.78 is 22.5. The van der Waals surface area contributed by atoms with Crippen LogP contribution >= 0.6 is 0 Å². The molecule has 0 aliphatic heterocycles. The molecule has 0 fully saturated rings. The number of halogens is 1. The number of methoxy groups -OCH3 is 1. The highest BCUT2D eigenvalue weighted by molar-refractivity contribution is 5.97. The van der Waals surface area contributed by atoms with Gasteiger partial charge in [0.25, 0.3) is 5.91 Å². The fourth-order valence-corrected chi connectivity index (χ4v) is 2.02. The second-order valence-electron chi connectivity index (χ2n) is 5.16. The van der Waals surface area contributed by atoms with E-state index >= 15 is 0 Å². The van der Waals surface area contributed by atoms with Crippen molar-refractivity contribution < 1.29 is 28.2 Å². The molecule has 0 aliphatic rings. The minimum absolute atomic E-state index is 0.0108. The highest BCUT2D eigenvalue weighted by Gasteiger charge is 2.13. The molecule has 2 aromatic rings. The normalized spacial score (nSPS) is 10.0. The van der Waals surface area contributed by atoms with E-state index in [2.05, 4.69) is 10.1 Å². The molecule has 0 spiro atoms. The highest BCUT2D eigenvalue weighted by Crippen LogP contribution is 2.17. The average Bonchev–Trinajstić information content (AvgIpc) is 2.60. The molecule has 0 saturated heterocycles. The standard InChI is InChI=1S/C18H16FNO5/c1-11-6-7-13(17(22)24-2)9-15(11)20-16(21)10-25-18(23)12-4-3-5-14(19)8-12/h3-9H,10H2,1-2H3,(H,20,21). The van der Waals surface area contributed by atoms with Gasteiger partial charge in [-0.05, 0) is 42.8 Å². The van der Waals surface area contributed by atoms with E-state index in [0.717, 1.165) is 11.6 Å². The summed E-state index contributed by atoms with van der Waals surface area (Å²) in [5, 5.41) is 2.55. The van der Waals surface area contributed by atoms with E-state index in [-0.39, 0.29) is 11.1 Å². The Morgan fingerprint density at radius 2 is 1.76 bits per heavy atom. The van der Waals surface area contributed by atoms with Crippen LogP contribution in [0.1, 0.15) is 26.3 Å². The summed E-state index contributed by atoms with van der Waals surface area (Å²) in [6.45, 7) is 1.20. The molecule has 1 N–H and O–H groups in total. The molecular weight excluding hydrogens is 329 g/mol. The second-order valence-corrected chi connectivity index (χ2v) is 5.16. The molecule has 0 bridgehead atoms. The predicted molar refractivity (Wildman–Crippen MR) is 87.8 cm³/mol. The molecule has 0 saturated carbocycles. The number of hydrogen-bond donors (Lipinski definition) is 1. The van der Waals surface area contributed by atoms with Crippen molar-refractivity contribution in [2.75, 3.05) is 19.0 Å². The van der Waals surface area contributed by atoms with Gasteiger partial charge in [0.2, 0.25) is 0 Å². The smallest absolute Gasteiger partial charge is 0.338 e. The Hall–Kier alpha value is -3.22. The fourth-order valence-electron chi connectivity index (χ4n) is 2.02. The maximum Gasteiger partial charge on any atom is 0.338 e. The van der Waals surface area contributed by atoms with Crippen molar-refractivity contribution in [1.82, 2.24) is 0 Å². The average molecular weight is 345 g/mol. The van der Waals surface area contributed by atoms with Gasteiger partial charge in [0.15, 0.2) is 6.61 Å². The summed E-state index contributed by atoms with van der Waals surface area (Å²) in [4.78, 5) is 35.2. The Bertz CT molecular complexity index is 819. The fraction of sp³-hybridized carbons (Fsp3) is 0.167. The second kappa shape index (κ2) is 8.05. The zero-order valence-electron chi connectivity index (χ0n) is 13.7. The Morgan fingerprint density at radius 3 is 2.44 bits per heavy atom. The maximum absolute atomic E-state index is 13.1. The zero-order chi connectivity index (χ0) is 18.4. The third kappa shape index (κ3) is 4.87. The van der Waals surface area contributed by atoms with Gasteiger partial charge in [0.1, 0.15) is 5.82 Å². The van der Waals surface area contributed by atoms with E-state index in [1.807, 2.05) is 0 Å². The van der Waals surface area contributed by atoms with Crippen molar-refractivity contribution >= 4 is 23.5 Å². The van der Waals surface area contributed by atoms with Crippen molar-refractivity contribution in [3.05, 3.63) is 65.0 Å². The van der Waals surface area contributed by atoms with Gasteiger partial charge in [0, 0.05) is 5.69 Å². The molecule has 25 heavy (non-hydrogen) atoms. The van der Waals surface area contributed by atoms with Gasteiger partial charge < -0.3 is 14.8 Å². The van der Waals surface area contributed by atoms with Crippen molar-refractivity contribution in [2.24, 2.45) is 0 Å². The first-order valence-corrected chi connectivity index (χ1v) is 7.32. The van der Waals surface area contributed by atoms with Gasteiger partial charge in [-0.3, -0.25) is 4.79 Å². The summed E-state index contributed by atoms with van der Waals surface area (Å²) >= 11 is 0. The number of anilines is 1. The Morgan fingerprint density at radius 1 is 1.04 bits per heavy atom. The lowest BCUT2D eigenvalue weighted by Gasteiger charge is -2.10. The van der Waals surface area contributed by atoms with Crippen molar-refractivity contribution in [3.8, 4) is 0 Å². The van der Waals surface area contributed by atoms with Crippen LogP contribution in [-0.4, -0.2) is 31.6 Å². The van der Waals surface area contributed by atoms with E-state index in [1.54, 1.807) is 19.1 Å². The monoisotopic (exact) mass is 345 g/mol. The molecular formula is C18H16FNO5. The van der Waals surface area contributed by atoms with E-state index in [9.17, 15) is 18.8 Å². The number of amides is 1. The number of rotatable bonds is 5. The SMILES string of the molecule is COC(=O)c1ccc(C)c(NC(=O)COC(=O)c2cccc(F)c2)c1. The Kier molecular flexibility index (Phi) is 5.84. The molecule has 0 heterocycles. The quantitative estimate of drug-likeness (QED) is 0.843. The van der Waals surface area contributed by atoms with E-state index < -0.39 is 30.3 Å². The number of esters is 2. The number of ether oxygens (including phenoxy) is 2. The van der Waals surface area contributed by atoms with Crippen LogP contribution in [0.5, 0.6) is 0 Å². The summed E-state index contributed by atoms with van der Waals surface area (Å²) in [5.74, 6) is -2.51. The molecule has 0 radical (unpaired) electrons. The number of carbonyl (C=O) groups excluding carboxylic acids is 3. The van der Waals surface area contributed by atoms with Crippen LogP contribution in [0.2, 0.25) is 0 Å². The van der Waals surface area contributed by atoms with Crippen LogP contribution in [0.4, 0.5) is 10.1 Å². The van der Waals surface area contributed by atoms with Crippen molar-refractivity contribution in [1.29, 1.82) is 0 Å². The van der Waals surface area contributed by atoms with Gasteiger partial charge >= 0.3 is 11.9 Å². The summed E-state index contributed by atoms with van der Waals surface area (Å²) in [5.41, 5.74) is 1.41. The minimum atomic E-state index is -0.810. The molecule has 0 aliphatic carbocycles. The van der Waals surface area contributed by atoms with Crippen LogP contribution in [0.15, 0.2) is 42.5 Å². The van der Waals surface area contributed by atoms with E-state index in [4.69, 9.17) is 4.74 Å². The van der Waals surface area contributed by atoms with E-state index in [1.165, 1.54) is 31.4 Å². The summed E-state index contributed by atoms with van der Waals surface area (Å²) in [6.07, 6.45) is 0. The largest absolute Gasteiger partial charge is 0.465 e. The summed E-state index contributed by atoms with van der Waals surface area (Å²) in [7, 11) is 1.26. The first-order chi connectivity index (χ1) is 11.9. The number of benzene rings is 2. The number of nitrogens with one attached hydrogen (secondary N) is 1. The van der Waals surface area contributed by atoms with Crippen LogP contribution in [0, 0.1) is 12.7 Å². The van der Waals surface area contributed by atoms with Gasteiger partial charge in [-0.2, -0.15) is 0 Å². The van der Waals surface area contributed by atoms with Crippen LogP contribution in [-0.2, 0) is 14.3 Å². The molecule has 0 aromatic heterocycles. The van der Waals surface area contributed by atoms with Crippen LogP contribution in [0.25, 0.3) is 0 Å². The molecule has 0 atom stereocenters. The number of carbonyl (C=O) groups is 3. The molecule has 6 nitrogen and oxygen atoms in total. The third-order valence-corrected chi connectivity index (χ3v) is 3.33. The van der Waals surface area contributed by atoms with Gasteiger partial charge in [-0.25, -0.2) is 14.0 Å². The van der Waals surface area contributed by atoms with Crippen molar-refractivity contribution in [3.63, 3.8) is 0 Å². The third-order valence-electron chi connectivity index (χ3n) is 3.33. The van der Waals surface area contributed by atoms with E-state index in [0.29, 0.717) is 5.69 Å². The first-order valence-electron chi connectivity index (χ1n) is 7.32. The molecule has 1 amide bonds. The maximum atomic E-state index is 13.1. The first kappa shape index (κ1) is 18.1. The number of aryl methyl sites for hydroxylation is 1. The zero-order valence-corrected chi connectivity index (χ0v) is 13.7. The predicted octanol–water partition coefficient (Wildman–Crippen LogP) is 2.72. The molecule has 7 heteroatoms. The lowest BCUT2D eigenvalue weighted by Crippen LogP contribution is -2.21. The molecule has 2 aromatic carbocycles. The molecule has 130 valence electrons. The molecule has 0 unspecified atom stereocenters. The number of hydrogen-bond acceptors (Lipinski definition) is 5. The van der Waals surface area contributed by atoms with Crippen LogP contribution in [0.3, 0.4) is 0 Å². The van der Waals surface area contributed by atoms with Crippen molar-refractivity contribution in [2.45, 2.75) is 6.92 Å². The van der Waals surface area contributed by atoms with Gasteiger partial charge in [-0.1, -0.05) is 12.1 Å². The Balaban J connectivity index is 1.98. The molecule has 2 rings (SSSR count). The Labute approximate surface area is 143 Å². The minimum Gasteiger partial charge on any atom is -0.465 e. The summed E-state index contributed by atoms with van der Waals surface area (Å²) in [6, 6.07) is 9.65.